The largest absolute Gasteiger partial charge is 0.275 e. The molecule has 0 radical (unpaired) electrons. The summed E-state index contributed by atoms with van der Waals surface area (Å²) < 4.78 is 14.1. The predicted octanol–water partition coefficient (Wildman–Crippen LogP) is 4.88. The molecule has 0 fully saturated rings. The minimum atomic E-state index is -2.74. The van der Waals surface area contributed by atoms with Gasteiger partial charge in [-0.1, -0.05) is 66.7 Å². The molecule has 0 N–H and O–H groups in total. The summed E-state index contributed by atoms with van der Waals surface area (Å²) in [6, 6.07) is 29.8. The summed E-state index contributed by atoms with van der Waals surface area (Å²) in [4.78, 5) is 1.83. The Labute approximate surface area is 133 Å². The zero-order chi connectivity index (χ0) is 15.4. The Hall–Kier alpha value is -2.19. The molecule has 0 aliphatic carbocycles. The minimum absolute atomic E-state index is 0.0569. The summed E-state index contributed by atoms with van der Waals surface area (Å²) in [7, 11) is -2.74. The molecule has 3 rings (SSSR count). The van der Waals surface area contributed by atoms with E-state index in [0.717, 1.165) is 15.4 Å². The second kappa shape index (κ2) is 6.29. The highest BCUT2D eigenvalue weighted by molar-refractivity contribution is 8.03. The van der Waals surface area contributed by atoms with Crippen molar-refractivity contribution in [2.24, 2.45) is 0 Å². The second-order valence-corrected chi connectivity index (χ2v) is 8.54. The highest BCUT2D eigenvalue weighted by Crippen LogP contribution is 2.40. The van der Waals surface area contributed by atoms with E-state index in [1.807, 2.05) is 78.9 Å². The zero-order valence-electron chi connectivity index (χ0n) is 12.6. The summed E-state index contributed by atoms with van der Waals surface area (Å²) in [5.41, 5.74) is 1.11. The van der Waals surface area contributed by atoms with E-state index in [1.54, 1.807) is 0 Å². The number of rotatable bonds is 4. The van der Waals surface area contributed by atoms with Crippen LogP contribution in [-0.4, -0.2) is 4.21 Å². The highest BCUT2D eigenvalue weighted by Gasteiger charge is 2.28. The Morgan fingerprint density at radius 1 is 0.636 bits per heavy atom. The first-order valence-corrected chi connectivity index (χ1v) is 9.26. The van der Waals surface area contributed by atoms with Crippen molar-refractivity contribution in [3.05, 3.63) is 96.6 Å². The lowest BCUT2D eigenvalue weighted by Crippen LogP contribution is -2.20. The summed E-state index contributed by atoms with van der Waals surface area (Å²) in [5, 5.41) is -0.0569. The van der Waals surface area contributed by atoms with Crippen molar-refractivity contribution in [3.8, 4) is 0 Å². The van der Waals surface area contributed by atoms with Crippen molar-refractivity contribution in [2.45, 2.75) is 22.0 Å². The lowest BCUT2D eigenvalue weighted by atomic mass is 10.2. The molecule has 0 saturated heterocycles. The first-order valence-electron chi connectivity index (χ1n) is 7.49. The molecule has 112 valence electrons. The molecule has 0 aromatic heterocycles. The normalized spacial score (nSPS) is 13.5. The molecule has 1 nitrogen and oxygen atoms in total. The fourth-order valence-corrected chi connectivity index (χ4v) is 5.85. The van der Waals surface area contributed by atoms with Gasteiger partial charge in [-0.3, -0.25) is 4.21 Å². The van der Waals surface area contributed by atoms with Gasteiger partial charge in [0.15, 0.2) is 0 Å². The highest BCUT2D eigenvalue weighted by atomic mass is 32.2. The van der Waals surface area contributed by atoms with E-state index in [-0.39, 0.29) is 5.25 Å². The van der Waals surface area contributed by atoms with Crippen LogP contribution in [-0.2, 0) is 9.93 Å². The third-order valence-electron chi connectivity index (χ3n) is 4.11. The SMILES string of the molecule is C[C@@H](c1ccccc1)[SH](=O)(c1ccccc1)c1ccccc1. The van der Waals surface area contributed by atoms with Crippen LogP contribution in [0.1, 0.15) is 17.7 Å². The number of hydrogen-bond donors (Lipinski definition) is 1. The Morgan fingerprint density at radius 2 is 1.00 bits per heavy atom. The molecule has 3 aromatic rings. The van der Waals surface area contributed by atoms with Crippen LogP contribution in [0.4, 0.5) is 0 Å². The second-order valence-electron chi connectivity index (χ2n) is 5.42. The molecule has 0 spiro atoms. The smallest absolute Gasteiger partial charge is 0.0426 e. The van der Waals surface area contributed by atoms with Crippen LogP contribution in [0.2, 0.25) is 0 Å². The molecule has 0 aliphatic heterocycles. The molecular formula is C20H20OS. The van der Waals surface area contributed by atoms with Gasteiger partial charge >= 0.3 is 0 Å². The van der Waals surface area contributed by atoms with Crippen LogP contribution in [0.25, 0.3) is 0 Å². The maximum atomic E-state index is 14.1. The van der Waals surface area contributed by atoms with E-state index in [0.29, 0.717) is 0 Å². The maximum Gasteiger partial charge on any atom is 0.0426 e. The van der Waals surface area contributed by atoms with Gasteiger partial charge in [-0.05, 0) is 46.7 Å². The maximum absolute atomic E-state index is 14.1. The van der Waals surface area contributed by atoms with Gasteiger partial charge < -0.3 is 0 Å². The third-order valence-corrected chi connectivity index (χ3v) is 7.63. The molecule has 0 unspecified atom stereocenters. The van der Waals surface area contributed by atoms with Gasteiger partial charge in [-0.15, -0.1) is 0 Å². The van der Waals surface area contributed by atoms with E-state index in [4.69, 9.17) is 0 Å². The zero-order valence-corrected chi connectivity index (χ0v) is 13.5. The van der Waals surface area contributed by atoms with E-state index in [9.17, 15) is 4.21 Å². The average Bonchev–Trinajstić information content (AvgIpc) is 2.62. The van der Waals surface area contributed by atoms with Crippen molar-refractivity contribution < 1.29 is 4.21 Å². The number of hydrogen-bond acceptors (Lipinski definition) is 1. The van der Waals surface area contributed by atoms with Gasteiger partial charge in [0, 0.05) is 15.0 Å². The van der Waals surface area contributed by atoms with Crippen LogP contribution in [0.5, 0.6) is 0 Å². The Balaban J connectivity index is 2.18. The van der Waals surface area contributed by atoms with Gasteiger partial charge in [0.2, 0.25) is 0 Å². The third kappa shape index (κ3) is 2.62. The van der Waals surface area contributed by atoms with E-state index < -0.39 is 9.93 Å². The van der Waals surface area contributed by atoms with Gasteiger partial charge in [0.05, 0.1) is 0 Å². The number of thiol groups is 1. The standard InChI is InChI=1S/C20H20OS/c1-17(18-11-5-2-6-12-18)22(21,19-13-7-3-8-14-19)20-15-9-4-10-16-20/h2-17,22H,1H3/t17-/m0/s1. The quantitative estimate of drug-likeness (QED) is 0.680. The number of benzene rings is 3. The molecule has 0 bridgehead atoms. The lowest BCUT2D eigenvalue weighted by Gasteiger charge is -2.31. The minimum Gasteiger partial charge on any atom is -0.275 e. The monoisotopic (exact) mass is 308 g/mol. The van der Waals surface area contributed by atoms with Crippen molar-refractivity contribution >= 4 is 9.93 Å². The molecule has 2 heteroatoms. The summed E-state index contributed by atoms with van der Waals surface area (Å²) in [6.07, 6.45) is 0. The van der Waals surface area contributed by atoms with E-state index >= 15 is 0 Å². The fraction of sp³-hybridized carbons (Fsp3) is 0.100. The van der Waals surface area contributed by atoms with Crippen LogP contribution >= 0.6 is 0 Å². The summed E-state index contributed by atoms with van der Waals surface area (Å²) >= 11 is 0. The summed E-state index contributed by atoms with van der Waals surface area (Å²) in [5.74, 6) is 0. The van der Waals surface area contributed by atoms with Crippen molar-refractivity contribution in [1.82, 2.24) is 0 Å². The van der Waals surface area contributed by atoms with Crippen LogP contribution in [0.15, 0.2) is 101 Å². The van der Waals surface area contributed by atoms with Crippen molar-refractivity contribution in [3.63, 3.8) is 0 Å². The first kappa shape index (κ1) is 14.7. The van der Waals surface area contributed by atoms with Crippen molar-refractivity contribution in [1.29, 1.82) is 0 Å². The first-order chi connectivity index (χ1) is 10.7. The Bertz CT molecular complexity index is 723. The Morgan fingerprint density at radius 3 is 1.41 bits per heavy atom. The molecular weight excluding hydrogens is 288 g/mol. The average molecular weight is 308 g/mol. The van der Waals surface area contributed by atoms with Gasteiger partial charge in [-0.25, -0.2) is 0 Å². The molecule has 0 amide bonds. The Kier molecular flexibility index (Phi) is 4.21. The molecule has 1 atom stereocenters. The molecule has 0 aliphatic rings. The van der Waals surface area contributed by atoms with Gasteiger partial charge in [0.25, 0.3) is 0 Å². The predicted molar refractivity (Wildman–Crippen MR) is 93.8 cm³/mol. The van der Waals surface area contributed by atoms with E-state index in [1.165, 1.54) is 0 Å². The molecule has 0 heterocycles. The summed E-state index contributed by atoms with van der Waals surface area (Å²) in [6.45, 7) is 2.07. The molecule has 0 saturated carbocycles. The fourth-order valence-electron chi connectivity index (χ4n) is 2.84. The van der Waals surface area contributed by atoms with Crippen molar-refractivity contribution in [2.75, 3.05) is 0 Å². The topological polar surface area (TPSA) is 17.1 Å². The van der Waals surface area contributed by atoms with Gasteiger partial charge in [0.1, 0.15) is 0 Å². The van der Waals surface area contributed by atoms with Gasteiger partial charge in [-0.2, -0.15) is 0 Å². The molecule has 22 heavy (non-hydrogen) atoms. The van der Waals surface area contributed by atoms with Crippen LogP contribution in [0, 0.1) is 0 Å². The molecule has 3 aromatic carbocycles. The lowest BCUT2D eigenvalue weighted by molar-refractivity contribution is 0.661. The van der Waals surface area contributed by atoms with Crippen LogP contribution < -0.4 is 0 Å². The van der Waals surface area contributed by atoms with Crippen LogP contribution in [0.3, 0.4) is 0 Å². The van der Waals surface area contributed by atoms with E-state index in [2.05, 4.69) is 19.1 Å².